The number of nitrogens with one attached hydrogen (secondary N) is 3. The molecular formula is C22H30N3O2+. The minimum absolute atomic E-state index is 0.0856. The van der Waals surface area contributed by atoms with Gasteiger partial charge in [0.1, 0.15) is 6.54 Å². The molecule has 2 saturated heterocycles. The minimum Gasteiger partial charge on any atom is -0.463 e. The predicted molar refractivity (Wildman–Crippen MR) is 106 cm³/mol. The van der Waals surface area contributed by atoms with Crippen LogP contribution in [0, 0.1) is 13.8 Å². The lowest BCUT2D eigenvalue weighted by molar-refractivity contribution is -0.974. The Hall–Kier alpha value is -2.27. The molecule has 2 atom stereocenters. The smallest absolute Gasteiger partial charge is 0.319 e. The number of carbonyl (C=O) groups excluding carboxylic acids is 1. The fourth-order valence-corrected chi connectivity index (χ4v) is 5.06. The van der Waals surface area contributed by atoms with Crippen molar-refractivity contribution in [2.24, 2.45) is 0 Å². The zero-order valence-electron chi connectivity index (χ0n) is 16.3. The maximum atomic E-state index is 12.5. The molecule has 4 rings (SSSR count). The van der Waals surface area contributed by atoms with Gasteiger partial charge >= 0.3 is 6.03 Å². The second-order valence-corrected chi connectivity index (χ2v) is 8.30. The summed E-state index contributed by atoms with van der Waals surface area (Å²) in [6.45, 7) is 5.06. The van der Waals surface area contributed by atoms with E-state index in [9.17, 15) is 4.79 Å². The van der Waals surface area contributed by atoms with Crippen molar-refractivity contribution in [3.8, 4) is 0 Å². The molecule has 2 fully saturated rings. The third-order valence-electron chi connectivity index (χ3n) is 6.07. The number of carbonyl (C=O) groups is 1. The number of urea groups is 1. The molecule has 0 radical (unpaired) electrons. The standard InChI is InChI=1S/C22H29N3O2/c1-15-9-16(2)11-17(10-15)23-22(26)24-18-12-19-5-3-6-20(13-18)25(19)14-21-7-4-8-27-21/h4,7-11,18-20H,3,5-6,12-14H2,1-2H3,(H2,23,24,26)/p+1/t19-,20-/m1/s1. The molecule has 5 heteroatoms. The summed E-state index contributed by atoms with van der Waals surface area (Å²) >= 11 is 0. The lowest BCUT2D eigenvalue weighted by atomic mass is 9.81. The zero-order valence-corrected chi connectivity index (χ0v) is 16.3. The van der Waals surface area contributed by atoms with Gasteiger partial charge in [-0.15, -0.1) is 0 Å². The van der Waals surface area contributed by atoms with Crippen LogP contribution in [0.4, 0.5) is 10.5 Å². The molecule has 144 valence electrons. The average molecular weight is 369 g/mol. The van der Waals surface area contributed by atoms with Crippen LogP contribution in [-0.2, 0) is 6.54 Å². The topological polar surface area (TPSA) is 58.7 Å². The molecule has 2 bridgehead atoms. The molecule has 5 nitrogen and oxygen atoms in total. The average Bonchev–Trinajstić information content (AvgIpc) is 3.07. The highest BCUT2D eigenvalue weighted by Crippen LogP contribution is 2.23. The number of amides is 2. The van der Waals surface area contributed by atoms with Crippen molar-refractivity contribution in [2.45, 2.75) is 70.6 Å². The van der Waals surface area contributed by atoms with Crippen LogP contribution in [0.15, 0.2) is 41.0 Å². The van der Waals surface area contributed by atoms with Crippen molar-refractivity contribution in [1.29, 1.82) is 0 Å². The molecule has 0 aliphatic carbocycles. The number of anilines is 1. The Morgan fingerprint density at radius 3 is 2.48 bits per heavy atom. The van der Waals surface area contributed by atoms with E-state index >= 15 is 0 Å². The van der Waals surface area contributed by atoms with Crippen molar-refractivity contribution in [2.75, 3.05) is 5.32 Å². The highest BCUT2D eigenvalue weighted by Gasteiger charge is 2.42. The van der Waals surface area contributed by atoms with Crippen LogP contribution in [0.3, 0.4) is 0 Å². The molecule has 1 aromatic heterocycles. The van der Waals surface area contributed by atoms with E-state index in [4.69, 9.17) is 4.42 Å². The molecule has 2 aliphatic rings. The van der Waals surface area contributed by atoms with E-state index < -0.39 is 0 Å². The fourth-order valence-electron chi connectivity index (χ4n) is 5.06. The number of fused-ring (bicyclic) bond motifs is 2. The molecule has 3 heterocycles. The molecule has 27 heavy (non-hydrogen) atoms. The summed E-state index contributed by atoms with van der Waals surface area (Å²) in [5.74, 6) is 1.07. The summed E-state index contributed by atoms with van der Waals surface area (Å²) in [4.78, 5) is 14.2. The first-order valence-electron chi connectivity index (χ1n) is 10.1. The summed E-state index contributed by atoms with van der Waals surface area (Å²) < 4.78 is 5.58. The second kappa shape index (κ2) is 7.77. The maximum absolute atomic E-state index is 12.5. The number of hydrogen-bond acceptors (Lipinski definition) is 2. The van der Waals surface area contributed by atoms with Crippen molar-refractivity contribution in [3.05, 3.63) is 53.5 Å². The van der Waals surface area contributed by atoms with Gasteiger partial charge in [-0.25, -0.2) is 4.79 Å². The van der Waals surface area contributed by atoms with E-state index in [2.05, 4.69) is 36.6 Å². The van der Waals surface area contributed by atoms with Crippen LogP contribution in [0.2, 0.25) is 0 Å². The van der Waals surface area contributed by atoms with Crippen LogP contribution < -0.4 is 15.5 Å². The van der Waals surface area contributed by atoms with E-state index in [0.717, 1.165) is 42.0 Å². The van der Waals surface area contributed by atoms with E-state index in [1.807, 2.05) is 18.2 Å². The van der Waals surface area contributed by atoms with Crippen molar-refractivity contribution >= 4 is 11.7 Å². The van der Waals surface area contributed by atoms with E-state index in [1.54, 1.807) is 11.2 Å². The Morgan fingerprint density at radius 1 is 1.15 bits per heavy atom. The normalized spacial score (nSPS) is 27.2. The third kappa shape index (κ3) is 4.35. The van der Waals surface area contributed by atoms with Gasteiger partial charge in [-0.1, -0.05) is 6.07 Å². The lowest BCUT2D eigenvalue weighted by Crippen LogP contribution is -3.20. The molecule has 0 spiro atoms. The predicted octanol–water partition coefficient (Wildman–Crippen LogP) is 3.19. The fraction of sp³-hybridized carbons (Fsp3) is 0.500. The molecule has 3 N–H and O–H groups in total. The largest absolute Gasteiger partial charge is 0.463 e. The van der Waals surface area contributed by atoms with Crippen molar-refractivity contribution in [3.63, 3.8) is 0 Å². The minimum atomic E-state index is -0.0856. The summed E-state index contributed by atoms with van der Waals surface area (Å²) in [7, 11) is 0. The molecule has 0 saturated carbocycles. The first kappa shape index (κ1) is 18.1. The molecule has 2 aliphatic heterocycles. The number of benzene rings is 1. The summed E-state index contributed by atoms with van der Waals surface area (Å²) in [5, 5.41) is 6.24. The van der Waals surface area contributed by atoms with Crippen LogP contribution in [-0.4, -0.2) is 24.2 Å². The van der Waals surface area contributed by atoms with Gasteiger partial charge in [0.05, 0.1) is 18.3 Å². The Balaban J connectivity index is 1.36. The van der Waals surface area contributed by atoms with Gasteiger partial charge < -0.3 is 20.0 Å². The molecular weight excluding hydrogens is 338 g/mol. The molecule has 2 amide bonds. The highest BCUT2D eigenvalue weighted by atomic mass is 16.3. The third-order valence-corrected chi connectivity index (χ3v) is 6.07. The number of hydrogen-bond donors (Lipinski definition) is 3. The zero-order chi connectivity index (χ0) is 18.8. The lowest BCUT2D eigenvalue weighted by Gasteiger charge is -2.45. The van der Waals surface area contributed by atoms with Crippen molar-refractivity contribution in [1.82, 2.24) is 5.32 Å². The Kier molecular flexibility index (Phi) is 5.21. The Morgan fingerprint density at radius 2 is 1.85 bits per heavy atom. The van der Waals surface area contributed by atoms with E-state index in [1.165, 1.54) is 19.3 Å². The van der Waals surface area contributed by atoms with Gasteiger partial charge in [0.2, 0.25) is 0 Å². The SMILES string of the molecule is Cc1cc(C)cc(NC(=O)NC2C[C@H]3CCC[C@H](C2)[NH+]3Cc2ccco2)c1. The monoisotopic (exact) mass is 368 g/mol. The number of aryl methyl sites for hydroxylation is 2. The van der Waals surface area contributed by atoms with Gasteiger partial charge in [0.25, 0.3) is 0 Å². The van der Waals surface area contributed by atoms with Gasteiger partial charge in [0.15, 0.2) is 5.76 Å². The van der Waals surface area contributed by atoms with Gasteiger partial charge in [-0.2, -0.15) is 0 Å². The number of furan rings is 1. The quantitative estimate of drug-likeness (QED) is 0.776. The van der Waals surface area contributed by atoms with E-state index in [-0.39, 0.29) is 12.1 Å². The van der Waals surface area contributed by atoms with Gasteiger partial charge in [0, 0.05) is 24.6 Å². The number of rotatable bonds is 4. The molecule has 0 unspecified atom stereocenters. The van der Waals surface area contributed by atoms with Gasteiger partial charge in [-0.3, -0.25) is 0 Å². The first-order chi connectivity index (χ1) is 13.1. The van der Waals surface area contributed by atoms with Crippen LogP contribution in [0.5, 0.6) is 0 Å². The van der Waals surface area contributed by atoms with Crippen LogP contribution >= 0.6 is 0 Å². The van der Waals surface area contributed by atoms with Crippen LogP contribution in [0.25, 0.3) is 0 Å². The Bertz CT molecular complexity index is 753. The summed E-state index contributed by atoms with van der Waals surface area (Å²) in [6.07, 6.45) is 7.64. The Labute approximate surface area is 161 Å². The van der Waals surface area contributed by atoms with Crippen LogP contribution in [0.1, 0.15) is 49.0 Å². The first-order valence-corrected chi connectivity index (χ1v) is 10.1. The van der Waals surface area contributed by atoms with Gasteiger partial charge in [-0.05, 0) is 68.5 Å². The maximum Gasteiger partial charge on any atom is 0.319 e. The highest BCUT2D eigenvalue weighted by molar-refractivity contribution is 5.89. The van der Waals surface area contributed by atoms with Crippen molar-refractivity contribution < 1.29 is 14.1 Å². The van der Waals surface area contributed by atoms with E-state index in [0.29, 0.717) is 12.1 Å². The second-order valence-electron chi connectivity index (χ2n) is 8.30. The number of piperidine rings is 2. The summed E-state index contributed by atoms with van der Waals surface area (Å²) in [6, 6.07) is 11.6. The molecule has 2 aromatic rings. The molecule has 1 aromatic carbocycles. The summed E-state index contributed by atoms with van der Waals surface area (Å²) in [5.41, 5.74) is 3.19. The number of quaternary nitrogens is 1.